The molecule has 0 bridgehead atoms. The third-order valence-corrected chi connectivity index (χ3v) is 4.11. The lowest BCUT2D eigenvalue weighted by Crippen LogP contribution is -2.33. The van der Waals surface area contributed by atoms with Crippen molar-refractivity contribution in [2.24, 2.45) is 0 Å². The van der Waals surface area contributed by atoms with Crippen LogP contribution in [0.3, 0.4) is 0 Å². The number of furan rings is 1. The van der Waals surface area contributed by atoms with Crippen molar-refractivity contribution in [3.8, 4) is 5.75 Å². The van der Waals surface area contributed by atoms with Crippen LogP contribution in [0.2, 0.25) is 0 Å². The Morgan fingerprint density at radius 1 is 1.17 bits per heavy atom. The van der Waals surface area contributed by atoms with E-state index in [1.165, 1.54) is 0 Å². The Hall–Kier alpha value is -2.95. The number of hydrogen-bond donors (Lipinski definition) is 1. The number of benzene rings is 2. The first-order valence-corrected chi connectivity index (χ1v) is 7.75. The minimum Gasteiger partial charge on any atom is -0.495 e. The van der Waals surface area contributed by atoms with Crippen molar-refractivity contribution in [3.05, 3.63) is 60.4 Å². The van der Waals surface area contributed by atoms with Gasteiger partial charge in [-0.15, -0.1) is 0 Å². The summed E-state index contributed by atoms with van der Waals surface area (Å²) in [7, 11) is 3.31. The Bertz CT molecular complexity index is 823. The number of methoxy groups -OCH3 is 1. The van der Waals surface area contributed by atoms with Crippen molar-refractivity contribution < 1.29 is 13.9 Å². The van der Waals surface area contributed by atoms with Crippen molar-refractivity contribution in [3.63, 3.8) is 0 Å². The van der Waals surface area contributed by atoms with Crippen LogP contribution in [0.15, 0.2) is 59.0 Å². The molecule has 0 aliphatic rings. The number of fused-ring (bicyclic) bond motifs is 1. The molecular weight excluding hydrogens is 304 g/mol. The number of para-hydroxylation sites is 3. The highest BCUT2D eigenvalue weighted by molar-refractivity contribution is 5.91. The predicted molar refractivity (Wildman–Crippen MR) is 94.4 cm³/mol. The van der Waals surface area contributed by atoms with Crippen LogP contribution >= 0.6 is 0 Å². The summed E-state index contributed by atoms with van der Waals surface area (Å²) in [5.41, 5.74) is 1.45. The minimum atomic E-state index is -0.229. The molecule has 0 aliphatic heterocycles. The molecule has 0 radical (unpaired) electrons. The summed E-state index contributed by atoms with van der Waals surface area (Å²) in [6, 6.07) is 16.6. The number of nitrogens with zero attached hydrogens (tertiary/aromatic N) is 1. The van der Waals surface area contributed by atoms with E-state index in [1.807, 2.05) is 49.4 Å². The largest absolute Gasteiger partial charge is 0.495 e. The van der Waals surface area contributed by atoms with E-state index in [2.05, 4.69) is 5.32 Å². The number of carbonyl (C=O) groups is 1. The highest BCUT2D eigenvalue weighted by Crippen LogP contribution is 2.28. The Balaban J connectivity index is 1.77. The summed E-state index contributed by atoms with van der Waals surface area (Å²) in [6.45, 7) is 1.93. The molecule has 5 heteroatoms. The Morgan fingerprint density at radius 3 is 2.62 bits per heavy atom. The van der Waals surface area contributed by atoms with Gasteiger partial charge in [-0.1, -0.05) is 30.3 Å². The normalized spacial score (nSPS) is 12.0. The minimum absolute atomic E-state index is 0.202. The van der Waals surface area contributed by atoms with Gasteiger partial charge in [0.15, 0.2) is 0 Å². The van der Waals surface area contributed by atoms with E-state index in [1.54, 1.807) is 31.2 Å². The van der Waals surface area contributed by atoms with Crippen LogP contribution in [0.1, 0.15) is 18.7 Å². The van der Waals surface area contributed by atoms with Gasteiger partial charge in [-0.2, -0.15) is 0 Å². The Morgan fingerprint density at radius 2 is 1.88 bits per heavy atom. The molecule has 0 aliphatic carbocycles. The Labute approximate surface area is 140 Å². The van der Waals surface area contributed by atoms with E-state index in [-0.39, 0.29) is 12.1 Å². The number of nitrogens with one attached hydrogen (secondary N) is 1. The SMILES string of the molecule is COc1ccccc1NC(=O)N(C)C(C)c1cc2ccccc2o1. The van der Waals surface area contributed by atoms with Gasteiger partial charge in [0.05, 0.1) is 18.8 Å². The second-order valence-corrected chi connectivity index (χ2v) is 5.60. The molecule has 1 aromatic heterocycles. The first kappa shape index (κ1) is 15.9. The van der Waals surface area contributed by atoms with Gasteiger partial charge in [0.25, 0.3) is 0 Å². The van der Waals surface area contributed by atoms with Crippen molar-refractivity contribution in [2.45, 2.75) is 13.0 Å². The van der Waals surface area contributed by atoms with Crippen molar-refractivity contribution in [1.82, 2.24) is 4.90 Å². The third-order valence-electron chi connectivity index (χ3n) is 4.11. The average Bonchev–Trinajstić information content (AvgIpc) is 3.05. The maximum atomic E-state index is 12.5. The zero-order valence-electron chi connectivity index (χ0n) is 13.9. The smallest absolute Gasteiger partial charge is 0.322 e. The molecule has 1 unspecified atom stereocenters. The average molecular weight is 324 g/mol. The van der Waals surface area contributed by atoms with E-state index in [0.29, 0.717) is 11.4 Å². The number of rotatable bonds is 4. The van der Waals surface area contributed by atoms with E-state index >= 15 is 0 Å². The maximum absolute atomic E-state index is 12.5. The molecular formula is C19H20N2O3. The number of hydrogen-bond acceptors (Lipinski definition) is 3. The van der Waals surface area contributed by atoms with Crippen molar-refractivity contribution in [1.29, 1.82) is 0 Å². The van der Waals surface area contributed by atoms with Crippen molar-refractivity contribution >= 4 is 22.7 Å². The molecule has 124 valence electrons. The predicted octanol–water partition coefficient (Wildman–Crippen LogP) is 4.67. The summed E-state index contributed by atoms with van der Waals surface area (Å²) in [5, 5.41) is 3.89. The number of carbonyl (C=O) groups excluding carboxylic acids is 1. The number of anilines is 1. The monoisotopic (exact) mass is 324 g/mol. The molecule has 0 saturated carbocycles. The summed E-state index contributed by atoms with van der Waals surface area (Å²) in [4.78, 5) is 14.1. The lowest BCUT2D eigenvalue weighted by molar-refractivity contribution is 0.201. The van der Waals surface area contributed by atoms with Crippen LogP contribution in [-0.4, -0.2) is 25.1 Å². The summed E-state index contributed by atoms with van der Waals surface area (Å²) < 4.78 is 11.1. The first-order valence-electron chi connectivity index (χ1n) is 7.75. The zero-order chi connectivity index (χ0) is 17.1. The van der Waals surface area contributed by atoms with Gasteiger partial charge in [0, 0.05) is 12.4 Å². The highest BCUT2D eigenvalue weighted by atomic mass is 16.5. The van der Waals surface area contributed by atoms with Crippen LogP contribution in [-0.2, 0) is 0 Å². The van der Waals surface area contributed by atoms with Gasteiger partial charge in [0.2, 0.25) is 0 Å². The zero-order valence-corrected chi connectivity index (χ0v) is 13.9. The second-order valence-electron chi connectivity index (χ2n) is 5.60. The molecule has 3 rings (SSSR count). The van der Waals surface area contributed by atoms with Gasteiger partial charge < -0.3 is 19.4 Å². The van der Waals surface area contributed by atoms with Gasteiger partial charge >= 0.3 is 6.03 Å². The molecule has 3 aromatic rings. The fourth-order valence-corrected chi connectivity index (χ4v) is 2.53. The van der Waals surface area contributed by atoms with Crippen LogP contribution in [0.5, 0.6) is 5.75 Å². The van der Waals surface area contributed by atoms with Gasteiger partial charge in [-0.05, 0) is 31.2 Å². The summed E-state index contributed by atoms with van der Waals surface area (Å²) >= 11 is 0. The highest BCUT2D eigenvalue weighted by Gasteiger charge is 2.21. The van der Waals surface area contributed by atoms with Crippen LogP contribution < -0.4 is 10.1 Å². The molecule has 1 heterocycles. The molecule has 5 nitrogen and oxygen atoms in total. The van der Waals surface area contributed by atoms with Gasteiger partial charge in [-0.3, -0.25) is 0 Å². The van der Waals surface area contributed by atoms with Crippen LogP contribution in [0, 0.1) is 0 Å². The van der Waals surface area contributed by atoms with E-state index in [0.717, 1.165) is 16.7 Å². The van der Waals surface area contributed by atoms with Gasteiger partial charge in [0.1, 0.15) is 17.1 Å². The standard InChI is InChI=1S/C19H20N2O3/c1-13(18-12-14-8-4-6-10-16(14)24-18)21(2)19(22)20-15-9-5-7-11-17(15)23-3/h4-13H,1-3H3,(H,20,22). The molecule has 1 N–H and O–H groups in total. The second kappa shape index (κ2) is 6.66. The van der Waals surface area contributed by atoms with Gasteiger partial charge in [-0.25, -0.2) is 4.79 Å². The third kappa shape index (κ3) is 3.06. The summed E-state index contributed by atoms with van der Waals surface area (Å²) in [6.07, 6.45) is 0. The fourth-order valence-electron chi connectivity index (χ4n) is 2.53. The maximum Gasteiger partial charge on any atom is 0.322 e. The van der Waals surface area contributed by atoms with Crippen LogP contribution in [0.4, 0.5) is 10.5 Å². The van der Waals surface area contributed by atoms with E-state index in [4.69, 9.17) is 9.15 Å². The molecule has 2 aromatic carbocycles. The molecule has 0 spiro atoms. The molecule has 24 heavy (non-hydrogen) atoms. The molecule has 0 saturated heterocycles. The Kier molecular flexibility index (Phi) is 4.42. The van der Waals surface area contributed by atoms with E-state index in [9.17, 15) is 4.79 Å². The number of amides is 2. The molecule has 1 atom stereocenters. The lowest BCUT2D eigenvalue weighted by atomic mass is 10.2. The first-order chi connectivity index (χ1) is 11.6. The molecule has 0 fully saturated rings. The number of ether oxygens (including phenoxy) is 1. The summed E-state index contributed by atoms with van der Waals surface area (Å²) in [5.74, 6) is 1.37. The van der Waals surface area contributed by atoms with Crippen molar-refractivity contribution in [2.75, 3.05) is 19.5 Å². The number of urea groups is 1. The van der Waals surface area contributed by atoms with Crippen LogP contribution in [0.25, 0.3) is 11.0 Å². The topological polar surface area (TPSA) is 54.7 Å². The molecule has 2 amide bonds. The fraction of sp³-hybridized carbons (Fsp3) is 0.211. The lowest BCUT2D eigenvalue weighted by Gasteiger charge is -2.24. The van der Waals surface area contributed by atoms with E-state index < -0.39 is 0 Å². The quantitative estimate of drug-likeness (QED) is 0.759.